The van der Waals surface area contributed by atoms with Crippen molar-refractivity contribution in [3.05, 3.63) is 35.4 Å². The zero-order valence-electron chi connectivity index (χ0n) is 13.7. The van der Waals surface area contributed by atoms with Crippen molar-refractivity contribution in [2.75, 3.05) is 0 Å². The van der Waals surface area contributed by atoms with E-state index in [2.05, 4.69) is 6.92 Å². The number of benzene rings is 1. The van der Waals surface area contributed by atoms with Crippen LogP contribution in [0.1, 0.15) is 75.7 Å². The number of ketones is 1. The molecule has 0 spiro atoms. The summed E-state index contributed by atoms with van der Waals surface area (Å²) in [4.78, 5) is 23.3. The molecule has 1 atom stereocenters. The summed E-state index contributed by atoms with van der Waals surface area (Å²) in [5, 5.41) is 0. The van der Waals surface area contributed by atoms with Gasteiger partial charge in [-0.2, -0.15) is 0 Å². The molecular weight excluding hydrogens is 264 g/mol. The van der Waals surface area contributed by atoms with Crippen LogP contribution in [0.2, 0.25) is 0 Å². The maximum absolute atomic E-state index is 12.0. The molecule has 0 aromatic heterocycles. The predicted octanol–water partition coefficient (Wildman–Crippen LogP) is 4.50. The molecule has 1 rings (SSSR count). The summed E-state index contributed by atoms with van der Waals surface area (Å²) in [5.41, 5.74) is 1.34. The lowest BCUT2D eigenvalue weighted by Crippen LogP contribution is -2.25. The standard InChI is InChI=1S/C18H26O3/c1-6-7-16(12-17(20)21-18(3,4)5)15-10-8-14(9-11-15)13(2)19/h8-11,16H,6-7,12H2,1-5H3/t16-/m0/s1. The molecule has 21 heavy (non-hydrogen) atoms. The molecule has 0 saturated heterocycles. The van der Waals surface area contributed by atoms with Crippen molar-refractivity contribution in [1.29, 1.82) is 0 Å². The maximum Gasteiger partial charge on any atom is 0.306 e. The Labute approximate surface area is 127 Å². The second-order valence-electron chi connectivity index (χ2n) is 6.45. The van der Waals surface area contributed by atoms with Crippen LogP contribution >= 0.6 is 0 Å². The third-order valence-corrected chi connectivity index (χ3v) is 3.26. The first-order valence-electron chi connectivity index (χ1n) is 7.55. The predicted molar refractivity (Wildman–Crippen MR) is 84.6 cm³/mol. The fourth-order valence-electron chi connectivity index (χ4n) is 2.31. The molecule has 0 N–H and O–H groups in total. The van der Waals surface area contributed by atoms with Crippen LogP contribution in [0.5, 0.6) is 0 Å². The first-order chi connectivity index (χ1) is 9.73. The molecule has 3 heteroatoms. The van der Waals surface area contributed by atoms with Gasteiger partial charge in [-0.05, 0) is 45.6 Å². The molecule has 1 aromatic rings. The molecule has 0 unspecified atom stereocenters. The highest BCUT2D eigenvalue weighted by Gasteiger charge is 2.21. The lowest BCUT2D eigenvalue weighted by atomic mass is 9.90. The van der Waals surface area contributed by atoms with Crippen molar-refractivity contribution in [2.24, 2.45) is 0 Å². The fourth-order valence-corrected chi connectivity index (χ4v) is 2.31. The minimum absolute atomic E-state index is 0.0562. The molecule has 0 bridgehead atoms. The van der Waals surface area contributed by atoms with Crippen molar-refractivity contribution < 1.29 is 14.3 Å². The Bertz CT molecular complexity index is 480. The third kappa shape index (κ3) is 6.11. The zero-order chi connectivity index (χ0) is 16.0. The summed E-state index contributed by atoms with van der Waals surface area (Å²) >= 11 is 0. The van der Waals surface area contributed by atoms with Gasteiger partial charge in [0.05, 0.1) is 6.42 Å². The number of carbonyl (C=O) groups is 2. The highest BCUT2D eigenvalue weighted by atomic mass is 16.6. The molecule has 0 radical (unpaired) electrons. The van der Waals surface area contributed by atoms with Crippen LogP contribution < -0.4 is 0 Å². The van der Waals surface area contributed by atoms with Gasteiger partial charge >= 0.3 is 5.97 Å². The second-order valence-corrected chi connectivity index (χ2v) is 6.45. The van der Waals surface area contributed by atoms with E-state index in [1.165, 1.54) is 0 Å². The van der Waals surface area contributed by atoms with Crippen molar-refractivity contribution in [3.8, 4) is 0 Å². The van der Waals surface area contributed by atoms with Gasteiger partial charge in [0.1, 0.15) is 5.60 Å². The van der Waals surface area contributed by atoms with Gasteiger partial charge in [0.25, 0.3) is 0 Å². The van der Waals surface area contributed by atoms with E-state index in [1.807, 2.05) is 45.0 Å². The summed E-state index contributed by atoms with van der Waals surface area (Å²) in [6.45, 7) is 9.29. The van der Waals surface area contributed by atoms with Crippen LogP contribution in [-0.2, 0) is 9.53 Å². The third-order valence-electron chi connectivity index (χ3n) is 3.26. The topological polar surface area (TPSA) is 43.4 Å². The van der Waals surface area contributed by atoms with Crippen LogP contribution in [0.3, 0.4) is 0 Å². The first kappa shape index (κ1) is 17.4. The maximum atomic E-state index is 12.0. The largest absolute Gasteiger partial charge is 0.460 e. The normalized spacial score (nSPS) is 12.8. The molecule has 3 nitrogen and oxygen atoms in total. The van der Waals surface area contributed by atoms with Gasteiger partial charge in [-0.1, -0.05) is 37.6 Å². The average Bonchev–Trinajstić information content (AvgIpc) is 2.36. The van der Waals surface area contributed by atoms with Gasteiger partial charge in [-0.25, -0.2) is 0 Å². The number of hydrogen-bond acceptors (Lipinski definition) is 3. The van der Waals surface area contributed by atoms with E-state index in [-0.39, 0.29) is 17.7 Å². The van der Waals surface area contributed by atoms with Gasteiger partial charge in [-0.3, -0.25) is 9.59 Å². The van der Waals surface area contributed by atoms with Crippen LogP contribution in [0.25, 0.3) is 0 Å². The van der Waals surface area contributed by atoms with Crippen molar-refractivity contribution in [3.63, 3.8) is 0 Å². The number of ether oxygens (including phenoxy) is 1. The van der Waals surface area contributed by atoms with E-state index in [0.717, 1.165) is 18.4 Å². The minimum Gasteiger partial charge on any atom is -0.460 e. The van der Waals surface area contributed by atoms with Crippen molar-refractivity contribution in [2.45, 2.75) is 65.4 Å². The monoisotopic (exact) mass is 290 g/mol. The molecule has 0 amide bonds. The van der Waals surface area contributed by atoms with Gasteiger partial charge in [0.15, 0.2) is 5.78 Å². The van der Waals surface area contributed by atoms with E-state index >= 15 is 0 Å². The van der Waals surface area contributed by atoms with E-state index in [0.29, 0.717) is 12.0 Å². The molecule has 0 aliphatic heterocycles. The van der Waals surface area contributed by atoms with Crippen LogP contribution in [-0.4, -0.2) is 17.4 Å². The second kappa shape index (κ2) is 7.39. The molecule has 0 fully saturated rings. The summed E-state index contributed by atoms with van der Waals surface area (Å²) in [6, 6.07) is 7.55. The molecule has 116 valence electrons. The Morgan fingerprint density at radius 1 is 1.14 bits per heavy atom. The summed E-state index contributed by atoms with van der Waals surface area (Å²) in [6.07, 6.45) is 2.31. The highest BCUT2D eigenvalue weighted by Crippen LogP contribution is 2.26. The Hall–Kier alpha value is -1.64. The fraction of sp³-hybridized carbons (Fsp3) is 0.556. The summed E-state index contributed by atoms with van der Waals surface area (Å²) in [7, 11) is 0. The Morgan fingerprint density at radius 2 is 1.71 bits per heavy atom. The molecule has 0 heterocycles. The summed E-state index contributed by atoms with van der Waals surface area (Å²) < 4.78 is 5.40. The quantitative estimate of drug-likeness (QED) is 0.572. The smallest absolute Gasteiger partial charge is 0.306 e. The Balaban J connectivity index is 2.81. The number of rotatable bonds is 6. The average molecular weight is 290 g/mol. The Morgan fingerprint density at radius 3 is 2.14 bits per heavy atom. The van der Waals surface area contributed by atoms with Gasteiger partial charge in [0.2, 0.25) is 0 Å². The van der Waals surface area contributed by atoms with Crippen molar-refractivity contribution in [1.82, 2.24) is 0 Å². The number of carbonyl (C=O) groups excluding carboxylic acids is 2. The van der Waals surface area contributed by atoms with E-state index in [9.17, 15) is 9.59 Å². The van der Waals surface area contributed by atoms with Crippen LogP contribution in [0.15, 0.2) is 24.3 Å². The van der Waals surface area contributed by atoms with E-state index in [4.69, 9.17) is 4.74 Å². The molecular formula is C18H26O3. The lowest BCUT2D eigenvalue weighted by molar-refractivity contribution is -0.155. The molecule has 1 aromatic carbocycles. The molecule has 0 aliphatic carbocycles. The van der Waals surface area contributed by atoms with Crippen molar-refractivity contribution >= 4 is 11.8 Å². The number of hydrogen-bond donors (Lipinski definition) is 0. The van der Waals surface area contributed by atoms with Crippen LogP contribution in [0.4, 0.5) is 0 Å². The summed E-state index contributed by atoms with van der Waals surface area (Å²) in [5.74, 6) is 0.0307. The number of esters is 1. The van der Waals surface area contributed by atoms with Gasteiger partial charge in [0, 0.05) is 5.56 Å². The van der Waals surface area contributed by atoms with Crippen LogP contribution in [0, 0.1) is 0 Å². The lowest BCUT2D eigenvalue weighted by Gasteiger charge is -2.22. The molecule has 0 saturated carbocycles. The van der Waals surface area contributed by atoms with E-state index in [1.54, 1.807) is 6.92 Å². The SMILES string of the molecule is CCC[C@@H](CC(=O)OC(C)(C)C)c1ccc(C(C)=O)cc1. The zero-order valence-corrected chi connectivity index (χ0v) is 13.7. The molecule has 0 aliphatic rings. The first-order valence-corrected chi connectivity index (χ1v) is 7.55. The highest BCUT2D eigenvalue weighted by molar-refractivity contribution is 5.94. The van der Waals surface area contributed by atoms with E-state index < -0.39 is 5.60 Å². The van der Waals surface area contributed by atoms with Gasteiger partial charge < -0.3 is 4.74 Å². The minimum atomic E-state index is -0.452. The van der Waals surface area contributed by atoms with Gasteiger partial charge in [-0.15, -0.1) is 0 Å². The Kier molecular flexibility index (Phi) is 6.13. The number of Topliss-reactive ketones (excluding diaryl/α,β-unsaturated/α-hetero) is 1.